The number of halogens is 3. The smallest absolute Gasteiger partial charge is 0.387 e. The third-order valence-corrected chi connectivity index (χ3v) is 4.35. The van der Waals surface area contributed by atoms with Crippen molar-refractivity contribution in [2.24, 2.45) is 5.92 Å². The molecule has 1 saturated carbocycles. The minimum absolute atomic E-state index is 0.0663. The number of hydrogen-bond acceptors (Lipinski definition) is 3. The van der Waals surface area contributed by atoms with Gasteiger partial charge in [0.2, 0.25) is 5.91 Å². The molecule has 0 aromatic heterocycles. The molecule has 1 aliphatic rings. The molecule has 128 valence electrons. The number of anilines is 1. The first-order chi connectivity index (χ1) is 11.0. The van der Waals surface area contributed by atoms with E-state index in [1.54, 1.807) is 6.07 Å². The molecule has 0 bridgehead atoms. The van der Waals surface area contributed by atoms with Crippen LogP contribution in [0.4, 0.5) is 14.5 Å². The first kappa shape index (κ1) is 17.8. The number of ether oxygens (including phenoxy) is 1. The largest absolute Gasteiger partial charge is 0.433 e. The highest BCUT2D eigenvalue weighted by atomic mass is 35.5. The maximum absolute atomic E-state index is 12.2. The van der Waals surface area contributed by atoms with Gasteiger partial charge in [-0.1, -0.05) is 31.4 Å². The van der Waals surface area contributed by atoms with Crippen LogP contribution in [-0.4, -0.2) is 25.1 Å². The summed E-state index contributed by atoms with van der Waals surface area (Å²) in [6.45, 7) is -0.664. The molecule has 1 fully saturated rings. The highest BCUT2D eigenvalue weighted by Gasteiger charge is 2.22. The second kappa shape index (κ2) is 8.34. The van der Waals surface area contributed by atoms with Crippen molar-refractivity contribution in [3.05, 3.63) is 23.2 Å². The summed E-state index contributed by atoms with van der Waals surface area (Å²) < 4.78 is 28.6. The van der Waals surface area contributed by atoms with E-state index in [1.165, 1.54) is 18.6 Å². The van der Waals surface area contributed by atoms with Crippen molar-refractivity contribution < 1.29 is 18.3 Å². The fourth-order valence-corrected chi connectivity index (χ4v) is 3.00. The fraction of sp³-hybridized carbons (Fsp3) is 0.562. The van der Waals surface area contributed by atoms with E-state index in [9.17, 15) is 13.6 Å². The molecular formula is C16H21ClF2N2O2. The number of carbonyl (C=O) groups excluding carboxylic acids is 1. The average Bonchev–Trinajstić information content (AvgIpc) is 2.49. The molecule has 0 aliphatic heterocycles. The van der Waals surface area contributed by atoms with E-state index in [2.05, 4.69) is 22.3 Å². The predicted octanol–water partition coefficient (Wildman–Crippen LogP) is 4.05. The molecule has 0 heterocycles. The maximum atomic E-state index is 12.2. The van der Waals surface area contributed by atoms with Crippen LogP contribution in [0.15, 0.2) is 18.2 Å². The monoisotopic (exact) mass is 346 g/mol. The lowest BCUT2D eigenvalue weighted by molar-refractivity contribution is -0.120. The molecule has 0 saturated heterocycles. The van der Waals surface area contributed by atoms with Crippen molar-refractivity contribution in [3.63, 3.8) is 0 Å². The van der Waals surface area contributed by atoms with Crippen LogP contribution < -0.4 is 15.4 Å². The summed E-state index contributed by atoms with van der Waals surface area (Å²) in [4.78, 5) is 12.0. The number of carbonyl (C=O) groups is 1. The summed E-state index contributed by atoms with van der Waals surface area (Å²) >= 11 is 5.86. The second-order valence-corrected chi connectivity index (χ2v) is 6.22. The van der Waals surface area contributed by atoms with Gasteiger partial charge in [0.1, 0.15) is 5.75 Å². The van der Waals surface area contributed by atoms with Crippen LogP contribution in [0.3, 0.4) is 0 Å². The first-order valence-electron chi connectivity index (χ1n) is 7.73. The van der Waals surface area contributed by atoms with Gasteiger partial charge >= 0.3 is 6.61 Å². The summed E-state index contributed by atoms with van der Waals surface area (Å²) in [6.07, 6.45) is 4.51. The minimum atomic E-state index is -2.92. The molecule has 4 nitrogen and oxygen atoms in total. The molecule has 0 unspecified atom stereocenters. The Hall–Kier alpha value is -1.56. The van der Waals surface area contributed by atoms with Crippen molar-refractivity contribution in [2.45, 2.75) is 45.3 Å². The highest BCUT2D eigenvalue weighted by molar-refractivity contribution is 6.32. The van der Waals surface area contributed by atoms with Crippen LogP contribution in [-0.2, 0) is 4.79 Å². The van der Waals surface area contributed by atoms with Gasteiger partial charge in [0.25, 0.3) is 0 Å². The van der Waals surface area contributed by atoms with E-state index in [4.69, 9.17) is 11.6 Å². The lowest BCUT2D eigenvalue weighted by Crippen LogP contribution is -2.43. The van der Waals surface area contributed by atoms with Gasteiger partial charge in [0.15, 0.2) is 0 Å². The SMILES string of the molecule is C[C@H]1CCCC[C@H]1NC(=O)CNc1ccc(OC(F)F)c(Cl)c1. The molecule has 0 spiro atoms. The van der Waals surface area contributed by atoms with Crippen LogP contribution in [0.5, 0.6) is 5.75 Å². The third kappa shape index (κ3) is 5.53. The molecule has 1 amide bonds. The second-order valence-electron chi connectivity index (χ2n) is 5.81. The van der Waals surface area contributed by atoms with E-state index < -0.39 is 6.61 Å². The Kier molecular flexibility index (Phi) is 6.45. The number of amides is 1. The zero-order valence-electron chi connectivity index (χ0n) is 13.0. The van der Waals surface area contributed by atoms with Gasteiger partial charge in [-0.3, -0.25) is 4.79 Å². The Morgan fingerprint density at radius 1 is 1.39 bits per heavy atom. The van der Waals surface area contributed by atoms with Gasteiger partial charge in [-0.15, -0.1) is 0 Å². The number of hydrogen-bond donors (Lipinski definition) is 2. The summed E-state index contributed by atoms with van der Waals surface area (Å²) in [5.41, 5.74) is 0.573. The predicted molar refractivity (Wildman–Crippen MR) is 86.1 cm³/mol. The van der Waals surface area contributed by atoms with E-state index >= 15 is 0 Å². The Bertz CT molecular complexity index is 543. The molecule has 0 radical (unpaired) electrons. The quantitative estimate of drug-likeness (QED) is 0.817. The Morgan fingerprint density at radius 2 is 2.13 bits per heavy atom. The molecule has 7 heteroatoms. The summed E-state index contributed by atoms with van der Waals surface area (Å²) in [5, 5.41) is 6.03. The number of alkyl halides is 2. The number of nitrogens with one attached hydrogen (secondary N) is 2. The van der Waals surface area contributed by atoms with Crippen molar-refractivity contribution in [1.82, 2.24) is 5.32 Å². The molecule has 1 aromatic carbocycles. The number of rotatable bonds is 6. The van der Waals surface area contributed by atoms with Crippen LogP contribution in [0, 0.1) is 5.92 Å². The topological polar surface area (TPSA) is 50.4 Å². The molecular weight excluding hydrogens is 326 g/mol. The van der Waals surface area contributed by atoms with Crippen LogP contribution in [0.1, 0.15) is 32.6 Å². The normalized spacial score (nSPS) is 21.1. The number of benzene rings is 1. The Balaban J connectivity index is 1.83. The zero-order chi connectivity index (χ0) is 16.8. The zero-order valence-corrected chi connectivity index (χ0v) is 13.7. The van der Waals surface area contributed by atoms with E-state index in [1.807, 2.05) is 0 Å². The van der Waals surface area contributed by atoms with E-state index in [-0.39, 0.29) is 29.3 Å². The van der Waals surface area contributed by atoms with Crippen LogP contribution in [0.2, 0.25) is 5.02 Å². The van der Waals surface area contributed by atoms with E-state index in [0.29, 0.717) is 11.6 Å². The maximum Gasteiger partial charge on any atom is 0.387 e. The molecule has 2 rings (SSSR count). The standard InChI is InChI=1S/C16H21ClF2N2O2/c1-10-4-2-3-5-13(10)21-15(22)9-20-11-6-7-14(12(17)8-11)23-16(18)19/h6-8,10,13,16,20H,2-5,9H2,1H3,(H,21,22)/t10-,13+/m0/s1. The Labute approximate surface area is 139 Å². The molecule has 1 aromatic rings. The Morgan fingerprint density at radius 3 is 2.78 bits per heavy atom. The van der Waals surface area contributed by atoms with Crippen molar-refractivity contribution in [1.29, 1.82) is 0 Å². The summed E-state index contributed by atoms with van der Waals surface area (Å²) in [7, 11) is 0. The van der Waals surface area contributed by atoms with Gasteiger partial charge in [-0.05, 0) is 37.0 Å². The summed E-state index contributed by atoms with van der Waals surface area (Å²) in [6, 6.07) is 4.57. The molecule has 1 aliphatic carbocycles. The van der Waals surface area contributed by atoms with Crippen LogP contribution in [0.25, 0.3) is 0 Å². The van der Waals surface area contributed by atoms with Crippen molar-refractivity contribution in [2.75, 3.05) is 11.9 Å². The fourth-order valence-electron chi connectivity index (χ4n) is 2.77. The summed E-state index contributed by atoms with van der Waals surface area (Å²) in [5.74, 6) is 0.313. The van der Waals surface area contributed by atoms with Crippen LogP contribution >= 0.6 is 11.6 Å². The molecule has 2 N–H and O–H groups in total. The average molecular weight is 347 g/mol. The van der Waals surface area contributed by atoms with Gasteiger partial charge in [-0.2, -0.15) is 8.78 Å². The van der Waals surface area contributed by atoms with Gasteiger partial charge in [0, 0.05) is 11.7 Å². The minimum Gasteiger partial charge on any atom is -0.433 e. The van der Waals surface area contributed by atoms with Gasteiger partial charge < -0.3 is 15.4 Å². The lowest BCUT2D eigenvalue weighted by atomic mass is 9.86. The lowest BCUT2D eigenvalue weighted by Gasteiger charge is -2.29. The molecule has 23 heavy (non-hydrogen) atoms. The third-order valence-electron chi connectivity index (χ3n) is 4.06. The highest BCUT2D eigenvalue weighted by Crippen LogP contribution is 2.29. The molecule has 2 atom stereocenters. The first-order valence-corrected chi connectivity index (χ1v) is 8.11. The van der Waals surface area contributed by atoms with E-state index in [0.717, 1.165) is 19.3 Å². The van der Waals surface area contributed by atoms with Crippen molar-refractivity contribution >= 4 is 23.2 Å². The van der Waals surface area contributed by atoms with Gasteiger partial charge in [-0.25, -0.2) is 0 Å². The van der Waals surface area contributed by atoms with Crippen molar-refractivity contribution in [3.8, 4) is 5.75 Å². The van der Waals surface area contributed by atoms with Gasteiger partial charge in [0.05, 0.1) is 11.6 Å².